The summed E-state index contributed by atoms with van der Waals surface area (Å²) in [7, 11) is 0. The number of aliphatic carboxylic acids is 1. The lowest BCUT2D eigenvalue weighted by molar-refractivity contribution is -0.142. The van der Waals surface area contributed by atoms with E-state index in [0.717, 1.165) is 26.2 Å². The minimum Gasteiger partial charge on any atom is -0.481 e. The molecule has 0 radical (unpaired) electrons. The van der Waals surface area contributed by atoms with Crippen LogP contribution in [0.1, 0.15) is 30.9 Å². The lowest BCUT2D eigenvalue weighted by Gasteiger charge is -2.18. The number of carboxylic acid groups (broad SMARTS) is 1. The second-order valence-corrected chi connectivity index (χ2v) is 6.87. The van der Waals surface area contributed by atoms with Crippen LogP contribution in [0, 0.1) is 0 Å². The van der Waals surface area contributed by atoms with Crippen molar-refractivity contribution in [1.82, 2.24) is 10.6 Å². The van der Waals surface area contributed by atoms with Crippen LogP contribution in [0.2, 0.25) is 0 Å². The van der Waals surface area contributed by atoms with Crippen LogP contribution in [0.3, 0.4) is 0 Å². The standard InChI is InChI=1S/C16H20N2.C6H12O4/c1-3-7-15(8-4-1)13-17-11-12-18-14-16-9-5-2-6-10-16;1-6(10,2-3-7)4-5(8)9/h1-10,17-18H,11-14H2;7,10H,2-4H2,1H3,(H,8,9). The lowest BCUT2D eigenvalue weighted by atomic mass is 9.99. The summed E-state index contributed by atoms with van der Waals surface area (Å²) in [6.07, 6.45) is -0.229. The molecule has 0 aliphatic carbocycles. The van der Waals surface area contributed by atoms with E-state index in [-0.39, 0.29) is 19.4 Å². The molecular weight excluding hydrogens is 356 g/mol. The Labute approximate surface area is 167 Å². The van der Waals surface area contributed by atoms with Crippen molar-refractivity contribution >= 4 is 5.97 Å². The Hall–Kier alpha value is -2.25. The maximum Gasteiger partial charge on any atom is 0.306 e. The minimum absolute atomic E-state index is 0.0965. The van der Waals surface area contributed by atoms with Gasteiger partial charge in [0.15, 0.2) is 0 Å². The first-order chi connectivity index (χ1) is 13.4. The first kappa shape index (κ1) is 23.8. The summed E-state index contributed by atoms with van der Waals surface area (Å²) in [4.78, 5) is 10.0. The van der Waals surface area contributed by atoms with E-state index in [9.17, 15) is 4.79 Å². The Balaban J connectivity index is 0.000000336. The predicted octanol–water partition coefficient (Wildman–Crippen LogP) is 2.16. The van der Waals surface area contributed by atoms with Gasteiger partial charge in [-0.3, -0.25) is 4.79 Å². The smallest absolute Gasteiger partial charge is 0.306 e. The monoisotopic (exact) mass is 388 g/mol. The third-order valence-electron chi connectivity index (χ3n) is 4.00. The second-order valence-electron chi connectivity index (χ2n) is 6.87. The van der Waals surface area contributed by atoms with Crippen LogP contribution in [0.15, 0.2) is 60.7 Å². The number of carboxylic acids is 1. The zero-order valence-electron chi connectivity index (χ0n) is 16.5. The van der Waals surface area contributed by atoms with Crippen LogP contribution in [-0.2, 0) is 17.9 Å². The molecule has 0 spiro atoms. The molecule has 5 N–H and O–H groups in total. The summed E-state index contributed by atoms with van der Waals surface area (Å²) >= 11 is 0. The highest BCUT2D eigenvalue weighted by molar-refractivity contribution is 5.67. The fourth-order valence-electron chi connectivity index (χ4n) is 2.49. The molecule has 0 aliphatic heterocycles. The first-order valence-electron chi connectivity index (χ1n) is 9.47. The van der Waals surface area contributed by atoms with Crippen molar-refractivity contribution in [2.24, 2.45) is 0 Å². The molecule has 0 saturated carbocycles. The zero-order valence-corrected chi connectivity index (χ0v) is 16.5. The van der Waals surface area contributed by atoms with Gasteiger partial charge in [-0.25, -0.2) is 0 Å². The third kappa shape index (κ3) is 12.2. The van der Waals surface area contributed by atoms with Gasteiger partial charge in [-0.05, 0) is 24.5 Å². The molecule has 0 heterocycles. The van der Waals surface area contributed by atoms with E-state index >= 15 is 0 Å². The van der Waals surface area contributed by atoms with Gasteiger partial charge in [0.2, 0.25) is 0 Å². The maximum absolute atomic E-state index is 10.0. The minimum atomic E-state index is -1.28. The van der Waals surface area contributed by atoms with Gasteiger partial charge < -0.3 is 26.0 Å². The van der Waals surface area contributed by atoms with E-state index in [1.54, 1.807) is 0 Å². The largest absolute Gasteiger partial charge is 0.481 e. The van der Waals surface area contributed by atoms with E-state index in [0.29, 0.717) is 0 Å². The highest BCUT2D eigenvalue weighted by atomic mass is 16.4. The van der Waals surface area contributed by atoms with Gasteiger partial charge in [0.05, 0.1) is 12.0 Å². The van der Waals surface area contributed by atoms with Crippen LogP contribution in [-0.4, -0.2) is 46.6 Å². The molecule has 154 valence electrons. The number of hydrogen-bond acceptors (Lipinski definition) is 5. The topological polar surface area (TPSA) is 102 Å². The van der Waals surface area contributed by atoms with Gasteiger partial charge in [0, 0.05) is 32.8 Å². The normalized spacial score (nSPS) is 12.5. The quantitative estimate of drug-likeness (QED) is 0.378. The summed E-state index contributed by atoms with van der Waals surface area (Å²) in [5.74, 6) is -1.06. The van der Waals surface area contributed by atoms with Gasteiger partial charge in [-0.2, -0.15) is 0 Å². The predicted molar refractivity (Wildman–Crippen MR) is 111 cm³/mol. The zero-order chi connectivity index (χ0) is 20.7. The SMILES string of the molecule is CC(O)(CCO)CC(=O)O.c1ccc(CNCCNCc2ccccc2)cc1. The van der Waals surface area contributed by atoms with Crippen molar-refractivity contribution in [3.8, 4) is 0 Å². The Kier molecular flexibility index (Phi) is 11.8. The second kappa shape index (κ2) is 13.8. The molecule has 1 atom stereocenters. The number of aliphatic hydroxyl groups is 2. The summed E-state index contributed by atoms with van der Waals surface area (Å²) in [5.41, 5.74) is 1.39. The van der Waals surface area contributed by atoms with Crippen LogP contribution in [0.25, 0.3) is 0 Å². The van der Waals surface area contributed by atoms with Crippen molar-refractivity contribution in [2.75, 3.05) is 19.7 Å². The summed E-state index contributed by atoms with van der Waals surface area (Å²) < 4.78 is 0. The highest BCUT2D eigenvalue weighted by Gasteiger charge is 2.22. The van der Waals surface area contributed by atoms with Crippen LogP contribution in [0.4, 0.5) is 0 Å². The molecule has 0 fully saturated rings. The Morgan fingerprint density at radius 2 is 1.32 bits per heavy atom. The molecular formula is C22H32N2O4. The number of aliphatic hydroxyl groups excluding tert-OH is 1. The summed E-state index contributed by atoms with van der Waals surface area (Å²) in [6, 6.07) is 21.0. The molecule has 0 aromatic heterocycles. The van der Waals surface area contributed by atoms with Crippen molar-refractivity contribution < 1.29 is 20.1 Å². The van der Waals surface area contributed by atoms with E-state index in [2.05, 4.69) is 59.2 Å². The number of rotatable bonds is 11. The van der Waals surface area contributed by atoms with Gasteiger partial charge in [-0.15, -0.1) is 0 Å². The van der Waals surface area contributed by atoms with Crippen molar-refractivity contribution in [3.05, 3.63) is 71.8 Å². The molecule has 0 saturated heterocycles. The molecule has 2 aromatic carbocycles. The molecule has 6 nitrogen and oxygen atoms in total. The molecule has 0 amide bonds. The van der Waals surface area contributed by atoms with E-state index in [1.807, 2.05) is 12.1 Å². The number of benzene rings is 2. The Morgan fingerprint density at radius 3 is 1.68 bits per heavy atom. The summed E-state index contributed by atoms with van der Waals surface area (Å²) in [5, 5.41) is 32.6. The lowest BCUT2D eigenvalue weighted by Crippen LogP contribution is -2.28. The van der Waals surface area contributed by atoms with Crippen molar-refractivity contribution in [3.63, 3.8) is 0 Å². The van der Waals surface area contributed by atoms with Gasteiger partial charge in [0.25, 0.3) is 0 Å². The molecule has 0 bridgehead atoms. The van der Waals surface area contributed by atoms with E-state index in [4.69, 9.17) is 15.3 Å². The third-order valence-corrected chi connectivity index (χ3v) is 4.00. The number of nitrogens with one attached hydrogen (secondary N) is 2. The van der Waals surface area contributed by atoms with Gasteiger partial charge >= 0.3 is 5.97 Å². The maximum atomic E-state index is 10.0. The number of hydrogen-bond donors (Lipinski definition) is 5. The fraction of sp³-hybridized carbons (Fsp3) is 0.409. The van der Waals surface area contributed by atoms with Crippen LogP contribution >= 0.6 is 0 Å². The molecule has 2 aromatic rings. The van der Waals surface area contributed by atoms with E-state index < -0.39 is 11.6 Å². The van der Waals surface area contributed by atoms with Crippen molar-refractivity contribution in [1.29, 1.82) is 0 Å². The molecule has 6 heteroatoms. The Morgan fingerprint density at radius 1 is 0.893 bits per heavy atom. The van der Waals surface area contributed by atoms with Gasteiger partial charge in [0.1, 0.15) is 0 Å². The fourth-order valence-corrected chi connectivity index (χ4v) is 2.49. The Bertz CT molecular complexity index is 605. The van der Waals surface area contributed by atoms with Crippen molar-refractivity contribution in [2.45, 2.75) is 38.5 Å². The highest BCUT2D eigenvalue weighted by Crippen LogP contribution is 2.12. The first-order valence-corrected chi connectivity index (χ1v) is 9.47. The van der Waals surface area contributed by atoms with Gasteiger partial charge in [-0.1, -0.05) is 60.7 Å². The van der Waals surface area contributed by atoms with Crippen LogP contribution in [0.5, 0.6) is 0 Å². The van der Waals surface area contributed by atoms with Crippen LogP contribution < -0.4 is 10.6 Å². The molecule has 1 unspecified atom stereocenters. The molecule has 2 rings (SSSR count). The molecule has 0 aliphatic rings. The van der Waals surface area contributed by atoms with E-state index in [1.165, 1.54) is 18.1 Å². The average molecular weight is 389 g/mol. The summed E-state index contributed by atoms with van der Waals surface area (Å²) in [6.45, 7) is 5.04. The average Bonchev–Trinajstić information content (AvgIpc) is 2.65. The number of carbonyl (C=O) groups is 1. The molecule has 28 heavy (non-hydrogen) atoms.